The molecule has 0 radical (unpaired) electrons. The van der Waals surface area contributed by atoms with Gasteiger partial charge in [-0.2, -0.15) is 0 Å². The standard InChI is InChI=1S/C24H31N3O/c28-24(19-20-7-3-1-4-8-20)25-21-11-13-23(14-12-21)27-17-15-26(16-18-27)22-9-5-2-6-10-22/h1,3-4,7-8,11-14,22H,2,5-6,9-10,15-19H2,(H,25,28). The first-order chi connectivity index (χ1) is 13.8. The molecule has 1 amide bonds. The van der Waals surface area contributed by atoms with Crippen molar-refractivity contribution in [2.45, 2.75) is 44.6 Å². The Kier molecular flexibility index (Phi) is 6.27. The molecule has 0 atom stereocenters. The number of nitrogens with one attached hydrogen (secondary N) is 1. The van der Waals surface area contributed by atoms with E-state index in [1.54, 1.807) is 0 Å². The lowest BCUT2D eigenvalue weighted by molar-refractivity contribution is -0.115. The van der Waals surface area contributed by atoms with E-state index in [1.165, 1.54) is 50.9 Å². The minimum Gasteiger partial charge on any atom is -0.369 e. The number of anilines is 2. The number of piperazine rings is 1. The van der Waals surface area contributed by atoms with Crippen LogP contribution in [-0.2, 0) is 11.2 Å². The third-order valence-electron chi connectivity index (χ3n) is 6.13. The Morgan fingerprint density at radius 1 is 0.857 bits per heavy atom. The fourth-order valence-corrected chi connectivity index (χ4v) is 4.53. The van der Waals surface area contributed by atoms with Crippen LogP contribution in [0.4, 0.5) is 11.4 Å². The average molecular weight is 378 g/mol. The van der Waals surface area contributed by atoms with E-state index in [-0.39, 0.29) is 5.91 Å². The quantitative estimate of drug-likeness (QED) is 0.843. The molecule has 1 saturated heterocycles. The van der Waals surface area contributed by atoms with Crippen molar-refractivity contribution < 1.29 is 4.79 Å². The topological polar surface area (TPSA) is 35.6 Å². The summed E-state index contributed by atoms with van der Waals surface area (Å²) in [6.07, 6.45) is 7.41. The van der Waals surface area contributed by atoms with Gasteiger partial charge in [0.15, 0.2) is 0 Å². The second kappa shape index (κ2) is 9.24. The number of hydrogen-bond acceptors (Lipinski definition) is 3. The van der Waals surface area contributed by atoms with E-state index < -0.39 is 0 Å². The van der Waals surface area contributed by atoms with E-state index in [1.807, 2.05) is 42.5 Å². The molecule has 1 N–H and O–H groups in total. The fourth-order valence-electron chi connectivity index (χ4n) is 4.53. The predicted octanol–water partition coefficient (Wildman–Crippen LogP) is 4.32. The summed E-state index contributed by atoms with van der Waals surface area (Å²) in [4.78, 5) is 17.4. The Labute approximate surface area is 168 Å². The first-order valence-electron chi connectivity index (χ1n) is 10.7. The highest BCUT2D eigenvalue weighted by Gasteiger charge is 2.25. The van der Waals surface area contributed by atoms with Crippen LogP contribution in [0.3, 0.4) is 0 Å². The Hall–Kier alpha value is -2.33. The predicted molar refractivity (Wildman–Crippen MR) is 116 cm³/mol. The summed E-state index contributed by atoms with van der Waals surface area (Å²) in [5, 5.41) is 3.00. The minimum absolute atomic E-state index is 0.0278. The summed E-state index contributed by atoms with van der Waals surface area (Å²) >= 11 is 0. The molecule has 28 heavy (non-hydrogen) atoms. The Morgan fingerprint density at radius 3 is 2.21 bits per heavy atom. The molecule has 4 nitrogen and oxygen atoms in total. The van der Waals surface area contributed by atoms with Crippen LogP contribution in [0.5, 0.6) is 0 Å². The SMILES string of the molecule is O=C(Cc1ccccc1)Nc1ccc(N2CCN(C3CCCCC3)CC2)cc1. The molecular formula is C24H31N3O. The van der Waals surface area contributed by atoms with Crippen LogP contribution in [-0.4, -0.2) is 43.0 Å². The van der Waals surface area contributed by atoms with Gasteiger partial charge in [-0.05, 0) is 42.7 Å². The first-order valence-corrected chi connectivity index (χ1v) is 10.7. The molecule has 2 aromatic rings. The second-order valence-corrected chi connectivity index (χ2v) is 8.07. The zero-order valence-electron chi connectivity index (χ0n) is 16.6. The normalized spacial score (nSPS) is 18.8. The van der Waals surface area contributed by atoms with Crippen LogP contribution in [0.15, 0.2) is 54.6 Å². The molecule has 2 aromatic carbocycles. The van der Waals surface area contributed by atoms with E-state index in [2.05, 4.69) is 27.2 Å². The maximum Gasteiger partial charge on any atom is 0.228 e. The van der Waals surface area contributed by atoms with Gasteiger partial charge in [0.2, 0.25) is 5.91 Å². The molecule has 1 aliphatic carbocycles. The lowest BCUT2D eigenvalue weighted by atomic mass is 9.94. The lowest BCUT2D eigenvalue weighted by Crippen LogP contribution is -2.50. The molecule has 1 aliphatic heterocycles. The van der Waals surface area contributed by atoms with Crippen molar-refractivity contribution in [2.24, 2.45) is 0 Å². The average Bonchev–Trinajstić information content (AvgIpc) is 2.76. The molecule has 148 valence electrons. The second-order valence-electron chi connectivity index (χ2n) is 8.07. The molecule has 4 rings (SSSR count). The Morgan fingerprint density at radius 2 is 1.54 bits per heavy atom. The molecule has 1 saturated carbocycles. The largest absolute Gasteiger partial charge is 0.369 e. The highest BCUT2D eigenvalue weighted by molar-refractivity contribution is 5.92. The smallest absolute Gasteiger partial charge is 0.228 e. The number of nitrogens with zero attached hydrogens (tertiary/aromatic N) is 2. The summed E-state index contributed by atoms with van der Waals surface area (Å²) in [5.74, 6) is 0.0278. The highest BCUT2D eigenvalue weighted by atomic mass is 16.1. The summed E-state index contributed by atoms with van der Waals surface area (Å²) in [7, 11) is 0. The molecule has 0 spiro atoms. The van der Waals surface area contributed by atoms with Crippen LogP contribution in [0.25, 0.3) is 0 Å². The Balaban J connectivity index is 1.27. The molecular weight excluding hydrogens is 346 g/mol. The van der Waals surface area contributed by atoms with Crippen molar-refractivity contribution in [3.8, 4) is 0 Å². The number of carbonyl (C=O) groups is 1. The van der Waals surface area contributed by atoms with E-state index in [9.17, 15) is 4.79 Å². The van der Waals surface area contributed by atoms with Gasteiger partial charge >= 0.3 is 0 Å². The van der Waals surface area contributed by atoms with Crippen molar-refractivity contribution in [1.29, 1.82) is 0 Å². The highest BCUT2D eigenvalue weighted by Crippen LogP contribution is 2.25. The Bertz CT molecular complexity index is 745. The minimum atomic E-state index is 0.0278. The van der Waals surface area contributed by atoms with Gasteiger partial charge in [-0.15, -0.1) is 0 Å². The molecule has 0 bridgehead atoms. The van der Waals surface area contributed by atoms with Crippen LogP contribution < -0.4 is 10.2 Å². The van der Waals surface area contributed by atoms with Gasteiger partial charge in [0, 0.05) is 43.6 Å². The van der Waals surface area contributed by atoms with Crippen molar-refractivity contribution in [3.63, 3.8) is 0 Å². The molecule has 1 heterocycles. The van der Waals surface area contributed by atoms with E-state index in [4.69, 9.17) is 0 Å². The zero-order valence-corrected chi connectivity index (χ0v) is 16.6. The van der Waals surface area contributed by atoms with Crippen molar-refractivity contribution in [2.75, 3.05) is 36.4 Å². The molecule has 2 aliphatic rings. The van der Waals surface area contributed by atoms with Crippen LogP contribution in [0.2, 0.25) is 0 Å². The summed E-state index contributed by atoms with van der Waals surface area (Å²) in [5.41, 5.74) is 3.15. The number of benzene rings is 2. The molecule has 0 unspecified atom stereocenters. The third-order valence-corrected chi connectivity index (χ3v) is 6.13. The first kappa shape index (κ1) is 19.0. The van der Waals surface area contributed by atoms with Crippen molar-refractivity contribution >= 4 is 17.3 Å². The van der Waals surface area contributed by atoms with Gasteiger partial charge in [-0.25, -0.2) is 0 Å². The summed E-state index contributed by atoms with van der Waals surface area (Å²) in [6.45, 7) is 4.52. The van der Waals surface area contributed by atoms with Gasteiger partial charge in [-0.1, -0.05) is 49.6 Å². The number of hydrogen-bond donors (Lipinski definition) is 1. The summed E-state index contributed by atoms with van der Waals surface area (Å²) < 4.78 is 0. The van der Waals surface area contributed by atoms with Crippen LogP contribution in [0.1, 0.15) is 37.7 Å². The molecule has 2 fully saturated rings. The van der Waals surface area contributed by atoms with E-state index in [0.717, 1.165) is 30.4 Å². The fraction of sp³-hybridized carbons (Fsp3) is 0.458. The molecule has 4 heteroatoms. The van der Waals surface area contributed by atoms with Gasteiger partial charge < -0.3 is 10.2 Å². The van der Waals surface area contributed by atoms with Crippen LogP contribution in [0, 0.1) is 0 Å². The number of amides is 1. The van der Waals surface area contributed by atoms with Crippen molar-refractivity contribution in [3.05, 3.63) is 60.2 Å². The summed E-state index contributed by atoms with van der Waals surface area (Å²) in [6, 6.07) is 19.0. The number of carbonyl (C=O) groups excluding carboxylic acids is 1. The van der Waals surface area contributed by atoms with E-state index >= 15 is 0 Å². The maximum absolute atomic E-state index is 12.2. The molecule has 0 aromatic heterocycles. The lowest BCUT2D eigenvalue weighted by Gasteiger charge is -2.41. The van der Waals surface area contributed by atoms with Crippen LogP contribution >= 0.6 is 0 Å². The van der Waals surface area contributed by atoms with Gasteiger partial charge in [0.25, 0.3) is 0 Å². The maximum atomic E-state index is 12.2. The van der Waals surface area contributed by atoms with Gasteiger partial charge in [-0.3, -0.25) is 9.69 Å². The monoisotopic (exact) mass is 377 g/mol. The third kappa shape index (κ3) is 4.93. The zero-order chi connectivity index (χ0) is 19.2. The van der Waals surface area contributed by atoms with Gasteiger partial charge in [0.05, 0.1) is 6.42 Å². The van der Waals surface area contributed by atoms with E-state index in [0.29, 0.717) is 6.42 Å². The van der Waals surface area contributed by atoms with Gasteiger partial charge in [0.1, 0.15) is 0 Å². The number of rotatable bonds is 5. The van der Waals surface area contributed by atoms with Crippen molar-refractivity contribution in [1.82, 2.24) is 4.90 Å².